The van der Waals surface area contributed by atoms with Crippen molar-refractivity contribution in [1.82, 2.24) is 9.80 Å². The molecule has 1 amide bonds. The van der Waals surface area contributed by atoms with Crippen molar-refractivity contribution in [1.29, 1.82) is 0 Å². The number of piperidine rings is 1. The fourth-order valence-electron chi connectivity index (χ4n) is 4.19. The number of likely N-dealkylation sites (tertiary alicyclic amines) is 1. The van der Waals surface area contributed by atoms with Gasteiger partial charge in [-0.15, -0.1) is 0 Å². The molecule has 0 N–H and O–H groups in total. The molecule has 1 aromatic carbocycles. The number of carbonyl (C=O) groups excluding carboxylic acids is 1. The lowest BCUT2D eigenvalue weighted by atomic mass is 9.92. The van der Waals surface area contributed by atoms with Gasteiger partial charge in [0, 0.05) is 45.3 Å². The summed E-state index contributed by atoms with van der Waals surface area (Å²) < 4.78 is 0. The van der Waals surface area contributed by atoms with Crippen LogP contribution < -0.4 is 4.90 Å². The lowest BCUT2D eigenvalue weighted by Crippen LogP contribution is -2.52. The average molecular weight is 360 g/mol. The first-order valence-corrected chi connectivity index (χ1v) is 9.42. The lowest BCUT2D eigenvalue weighted by Gasteiger charge is -2.38. The molecule has 0 saturated carbocycles. The maximum atomic E-state index is 12.6. The number of hydrogen-bond donors (Lipinski definition) is 0. The van der Waals surface area contributed by atoms with E-state index < -0.39 is 0 Å². The third kappa shape index (κ3) is 4.33. The molecule has 1 aromatic rings. The Labute approximate surface area is 154 Å². The zero-order valence-electron chi connectivity index (χ0n) is 15.6. The first-order valence-electron chi connectivity index (χ1n) is 9.42. The number of carbonyl (C=O) groups is 1. The summed E-state index contributed by atoms with van der Waals surface area (Å²) in [5.74, 6) is 1.35. The molecule has 2 atom stereocenters. The van der Waals surface area contributed by atoms with Gasteiger partial charge in [-0.2, -0.15) is 0 Å². The van der Waals surface area contributed by atoms with Crippen molar-refractivity contribution < 1.29 is 9.72 Å². The van der Waals surface area contributed by atoms with E-state index in [0.29, 0.717) is 37.2 Å². The van der Waals surface area contributed by atoms with Gasteiger partial charge in [0.25, 0.3) is 5.69 Å². The van der Waals surface area contributed by atoms with Crippen molar-refractivity contribution in [3.05, 3.63) is 34.4 Å². The Morgan fingerprint density at radius 3 is 2.35 bits per heavy atom. The minimum atomic E-state index is -0.329. The third-order valence-corrected chi connectivity index (χ3v) is 5.37. The van der Waals surface area contributed by atoms with E-state index in [0.717, 1.165) is 26.2 Å². The number of nitro benzene ring substituents is 1. The van der Waals surface area contributed by atoms with Gasteiger partial charge in [-0.3, -0.25) is 19.8 Å². The second-order valence-electron chi connectivity index (χ2n) is 7.75. The maximum absolute atomic E-state index is 12.6. The number of para-hydroxylation sites is 2. The Kier molecular flexibility index (Phi) is 5.76. The standard InChI is InChI=1S/C19H28N4O3/c1-15-11-16(2)13-22(12-15)19(24)14-20-7-9-21(10-8-20)17-5-3-4-6-18(17)23(25)26/h3-6,15-16H,7-14H2,1-2H3. The molecule has 0 bridgehead atoms. The predicted molar refractivity (Wildman–Crippen MR) is 101 cm³/mol. The van der Waals surface area contributed by atoms with Crippen LogP contribution in [0.4, 0.5) is 11.4 Å². The predicted octanol–water partition coefficient (Wildman–Crippen LogP) is 2.22. The van der Waals surface area contributed by atoms with E-state index in [1.54, 1.807) is 18.2 Å². The highest BCUT2D eigenvalue weighted by atomic mass is 16.6. The van der Waals surface area contributed by atoms with Crippen molar-refractivity contribution >= 4 is 17.3 Å². The first kappa shape index (κ1) is 18.6. The number of amides is 1. The smallest absolute Gasteiger partial charge is 0.292 e. The van der Waals surface area contributed by atoms with E-state index in [1.165, 1.54) is 6.42 Å². The molecule has 2 unspecified atom stereocenters. The number of piperazine rings is 1. The van der Waals surface area contributed by atoms with E-state index in [-0.39, 0.29) is 16.5 Å². The molecule has 2 aliphatic heterocycles. The molecule has 142 valence electrons. The second-order valence-corrected chi connectivity index (χ2v) is 7.75. The average Bonchev–Trinajstić information content (AvgIpc) is 2.61. The number of rotatable bonds is 4. The van der Waals surface area contributed by atoms with E-state index in [1.807, 2.05) is 15.9 Å². The summed E-state index contributed by atoms with van der Waals surface area (Å²) in [6.07, 6.45) is 1.19. The molecule has 2 fully saturated rings. The molecule has 2 aliphatic rings. The van der Waals surface area contributed by atoms with E-state index in [2.05, 4.69) is 18.7 Å². The van der Waals surface area contributed by atoms with Crippen LogP contribution in [0.2, 0.25) is 0 Å². The summed E-state index contributed by atoms with van der Waals surface area (Å²) in [6, 6.07) is 6.87. The third-order valence-electron chi connectivity index (χ3n) is 5.37. The van der Waals surface area contributed by atoms with Crippen LogP contribution in [0.25, 0.3) is 0 Å². The zero-order valence-corrected chi connectivity index (χ0v) is 15.6. The summed E-state index contributed by atoms with van der Waals surface area (Å²) in [5.41, 5.74) is 0.815. The fourth-order valence-corrected chi connectivity index (χ4v) is 4.19. The van der Waals surface area contributed by atoms with E-state index >= 15 is 0 Å². The Balaban J connectivity index is 1.54. The van der Waals surface area contributed by atoms with E-state index in [4.69, 9.17) is 0 Å². The summed E-state index contributed by atoms with van der Waals surface area (Å²) in [4.78, 5) is 29.7. The second kappa shape index (κ2) is 8.03. The van der Waals surface area contributed by atoms with Crippen LogP contribution in [0.15, 0.2) is 24.3 Å². The highest BCUT2D eigenvalue weighted by molar-refractivity contribution is 5.78. The van der Waals surface area contributed by atoms with Gasteiger partial charge in [0.15, 0.2) is 0 Å². The Hall–Kier alpha value is -2.15. The van der Waals surface area contributed by atoms with Gasteiger partial charge >= 0.3 is 0 Å². The largest absolute Gasteiger partial charge is 0.363 e. The molecule has 7 nitrogen and oxygen atoms in total. The van der Waals surface area contributed by atoms with Crippen molar-refractivity contribution in [3.8, 4) is 0 Å². The lowest BCUT2D eigenvalue weighted by molar-refractivity contribution is -0.384. The van der Waals surface area contributed by atoms with Crippen LogP contribution in [0.1, 0.15) is 20.3 Å². The summed E-state index contributed by atoms with van der Waals surface area (Å²) in [7, 11) is 0. The quantitative estimate of drug-likeness (QED) is 0.608. The van der Waals surface area contributed by atoms with Gasteiger partial charge < -0.3 is 9.80 Å². The Morgan fingerprint density at radius 2 is 1.73 bits per heavy atom. The highest BCUT2D eigenvalue weighted by Gasteiger charge is 2.28. The topological polar surface area (TPSA) is 69.9 Å². The zero-order chi connectivity index (χ0) is 18.7. The van der Waals surface area contributed by atoms with Crippen LogP contribution in [0, 0.1) is 22.0 Å². The summed E-state index contributed by atoms with van der Waals surface area (Å²) in [6.45, 7) is 9.48. The summed E-state index contributed by atoms with van der Waals surface area (Å²) >= 11 is 0. The monoisotopic (exact) mass is 360 g/mol. The molecular weight excluding hydrogens is 332 g/mol. The van der Waals surface area contributed by atoms with Gasteiger partial charge in [-0.1, -0.05) is 26.0 Å². The van der Waals surface area contributed by atoms with Gasteiger partial charge in [0.2, 0.25) is 5.91 Å². The Bertz CT molecular complexity index is 648. The molecule has 0 aromatic heterocycles. The number of anilines is 1. The fraction of sp³-hybridized carbons (Fsp3) is 0.632. The molecule has 3 rings (SSSR count). The molecule has 0 spiro atoms. The number of hydrogen-bond acceptors (Lipinski definition) is 5. The van der Waals surface area contributed by atoms with Crippen molar-refractivity contribution in [2.75, 3.05) is 50.7 Å². The maximum Gasteiger partial charge on any atom is 0.292 e. The van der Waals surface area contributed by atoms with Crippen LogP contribution in [0.5, 0.6) is 0 Å². The molecule has 26 heavy (non-hydrogen) atoms. The van der Waals surface area contributed by atoms with Crippen LogP contribution >= 0.6 is 0 Å². The van der Waals surface area contributed by atoms with Crippen molar-refractivity contribution in [3.63, 3.8) is 0 Å². The van der Waals surface area contributed by atoms with Crippen LogP contribution in [0.3, 0.4) is 0 Å². The summed E-state index contributed by atoms with van der Waals surface area (Å²) in [5, 5.41) is 11.2. The molecular formula is C19H28N4O3. The molecule has 0 aliphatic carbocycles. The van der Waals surface area contributed by atoms with Crippen LogP contribution in [-0.4, -0.2) is 66.4 Å². The SMILES string of the molecule is CC1CC(C)CN(C(=O)CN2CCN(c3ccccc3[N+](=O)[O-])CC2)C1. The number of nitro groups is 1. The number of benzene rings is 1. The first-order chi connectivity index (χ1) is 12.4. The van der Waals surface area contributed by atoms with Gasteiger partial charge in [-0.05, 0) is 24.3 Å². The van der Waals surface area contributed by atoms with Gasteiger partial charge in [0.1, 0.15) is 5.69 Å². The van der Waals surface area contributed by atoms with Crippen LogP contribution in [-0.2, 0) is 4.79 Å². The number of nitrogens with zero attached hydrogens (tertiary/aromatic N) is 4. The highest BCUT2D eigenvalue weighted by Crippen LogP contribution is 2.28. The normalized spacial score (nSPS) is 24.5. The van der Waals surface area contributed by atoms with Crippen molar-refractivity contribution in [2.24, 2.45) is 11.8 Å². The minimum absolute atomic E-state index is 0.147. The van der Waals surface area contributed by atoms with Gasteiger partial charge in [-0.25, -0.2) is 0 Å². The van der Waals surface area contributed by atoms with Gasteiger partial charge in [0.05, 0.1) is 11.5 Å². The van der Waals surface area contributed by atoms with E-state index in [9.17, 15) is 14.9 Å². The molecule has 7 heteroatoms. The molecule has 2 heterocycles. The minimum Gasteiger partial charge on any atom is -0.363 e. The Morgan fingerprint density at radius 1 is 1.12 bits per heavy atom. The molecule has 0 radical (unpaired) electrons. The molecule has 2 saturated heterocycles. The van der Waals surface area contributed by atoms with Crippen molar-refractivity contribution in [2.45, 2.75) is 20.3 Å².